The SMILES string of the molecule is Cc1oc(C(=O)NC2CC2C)cc1S(N)(=O)=O. The molecular formula is C10H14N2O4S. The molecule has 2 atom stereocenters. The number of nitrogens with two attached hydrogens (primary N) is 1. The molecule has 0 saturated heterocycles. The second-order valence-corrected chi connectivity index (χ2v) is 5.90. The molecule has 0 radical (unpaired) electrons. The Hall–Kier alpha value is -1.34. The zero-order valence-electron chi connectivity index (χ0n) is 9.56. The van der Waals surface area contributed by atoms with E-state index in [2.05, 4.69) is 5.32 Å². The summed E-state index contributed by atoms with van der Waals surface area (Å²) in [5.74, 6) is 0.164. The van der Waals surface area contributed by atoms with Gasteiger partial charge in [0, 0.05) is 12.1 Å². The van der Waals surface area contributed by atoms with Gasteiger partial charge in [0.25, 0.3) is 5.91 Å². The molecule has 2 unspecified atom stereocenters. The van der Waals surface area contributed by atoms with E-state index in [1.807, 2.05) is 6.92 Å². The van der Waals surface area contributed by atoms with Crippen molar-refractivity contribution in [3.8, 4) is 0 Å². The molecule has 1 aromatic rings. The Morgan fingerprint density at radius 2 is 2.18 bits per heavy atom. The van der Waals surface area contributed by atoms with E-state index < -0.39 is 15.9 Å². The second-order valence-electron chi connectivity index (χ2n) is 4.37. The van der Waals surface area contributed by atoms with Gasteiger partial charge in [0.2, 0.25) is 10.0 Å². The van der Waals surface area contributed by atoms with Gasteiger partial charge in [0.15, 0.2) is 5.76 Å². The first-order valence-electron chi connectivity index (χ1n) is 5.23. The van der Waals surface area contributed by atoms with Gasteiger partial charge in [-0.3, -0.25) is 4.79 Å². The van der Waals surface area contributed by atoms with Crippen LogP contribution in [0, 0.1) is 12.8 Å². The lowest BCUT2D eigenvalue weighted by atomic mass is 10.4. The number of amides is 1. The Morgan fingerprint density at radius 1 is 1.59 bits per heavy atom. The molecular weight excluding hydrogens is 244 g/mol. The maximum atomic E-state index is 11.7. The van der Waals surface area contributed by atoms with E-state index in [-0.39, 0.29) is 22.5 Å². The highest BCUT2D eigenvalue weighted by Crippen LogP contribution is 2.29. The maximum Gasteiger partial charge on any atom is 0.287 e. The molecule has 1 heterocycles. The third-order valence-electron chi connectivity index (χ3n) is 2.83. The summed E-state index contributed by atoms with van der Waals surface area (Å²) in [4.78, 5) is 11.5. The number of aryl methyl sites for hydroxylation is 1. The predicted molar refractivity (Wildman–Crippen MR) is 59.9 cm³/mol. The quantitative estimate of drug-likeness (QED) is 0.817. The zero-order valence-corrected chi connectivity index (χ0v) is 10.4. The fourth-order valence-corrected chi connectivity index (χ4v) is 2.34. The van der Waals surface area contributed by atoms with Gasteiger partial charge >= 0.3 is 0 Å². The van der Waals surface area contributed by atoms with E-state index in [4.69, 9.17) is 9.56 Å². The van der Waals surface area contributed by atoms with Crippen LogP contribution >= 0.6 is 0 Å². The van der Waals surface area contributed by atoms with Crippen LogP contribution in [0.1, 0.15) is 29.7 Å². The Bertz CT molecular complexity index is 561. The molecule has 1 aromatic heterocycles. The molecule has 1 aliphatic carbocycles. The first-order valence-corrected chi connectivity index (χ1v) is 6.78. The monoisotopic (exact) mass is 258 g/mol. The van der Waals surface area contributed by atoms with E-state index in [0.29, 0.717) is 5.92 Å². The topological polar surface area (TPSA) is 102 Å². The lowest BCUT2D eigenvalue weighted by Gasteiger charge is -1.99. The van der Waals surface area contributed by atoms with Crippen LogP contribution in [-0.4, -0.2) is 20.4 Å². The van der Waals surface area contributed by atoms with Crippen molar-refractivity contribution in [3.63, 3.8) is 0 Å². The van der Waals surface area contributed by atoms with Gasteiger partial charge in [0.05, 0.1) is 0 Å². The third kappa shape index (κ3) is 2.50. The van der Waals surface area contributed by atoms with Crippen LogP contribution in [0.4, 0.5) is 0 Å². The summed E-state index contributed by atoms with van der Waals surface area (Å²) in [6.45, 7) is 3.48. The van der Waals surface area contributed by atoms with Crippen LogP contribution < -0.4 is 10.5 Å². The molecule has 94 valence electrons. The molecule has 0 bridgehead atoms. The molecule has 0 aromatic carbocycles. The highest BCUT2D eigenvalue weighted by atomic mass is 32.2. The average molecular weight is 258 g/mol. The van der Waals surface area contributed by atoms with Crippen LogP contribution in [0.2, 0.25) is 0 Å². The number of hydrogen-bond acceptors (Lipinski definition) is 4. The molecule has 7 heteroatoms. The molecule has 1 saturated carbocycles. The Morgan fingerprint density at radius 3 is 2.59 bits per heavy atom. The number of rotatable bonds is 3. The number of hydrogen-bond donors (Lipinski definition) is 2. The largest absolute Gasteiger partial charge is 0.455 e. The minimum absolute atomic E-state index is 0.0226. The molecule has 1 fully saturated rings. The number of primary sulfonamides is 1. The van der Waals surface area contributed by atoms with Crippen molar-refractivity contribution in [2.24, 2.45) is 11.1 Å². The van der Waals surface area contributed by atoms with E-state index in [1.165, 1.54) is 6.92 Å². The third-order valence-corrected chi connectivity index (χ3v) is 3.85. The van der Waals surface area contributed by atoms with Crippen molar-refractivity contribution < 1.29 is 17.6 Å². The van der Waals surface area contributed by atoms with Crippen molar-refractivity contribution in [1.82, 2.24) is 5.32 Å². The normalized spacial score (nSPS) is 23.5. The van der Waals surface area contributed by atoms with Crippen molar-refractivity contribution in [1.29, 1.82) is 0 Å². The van der Waals surface area contributed by atoms with Gasteiger partial charge in [-0.2, -0.15) is 0 Å². The number of carbonyl (C=O) groups is 1. The molecule has 6 nitrogen and oxygen atoms in total. The van der Waals surface area contributed by atoms with Crippen LogP contribution in [0.15, 0.2) is 15.4 Å². The average Bonchev–Trinajstić information content (AvgIpc) is 2.73. The van der Waals surface area contributed by atoms with Crippen LogP contribution in [0.5, 0.6) is 0 Å². The molecule has 1 aliphatic rings. The molecule has 17 heavy (non-hydrogen) atoms. The van der Waals surface area contributed by atoms with Crippen molar-refractivity contribution in [3.05, 3.63) is 17.6 Å². The smallest absolute Gasteiger partial charge is 0.287 e. The first-order chi connectivity index (χ1) is 7.79. The summed E-state index contributed by atoms with van der Waals surface area (Å²) in [6.07, 6.45) is 0.938. The van der Waals surface area contributed by atoms with E-state index in [1.54, 1.807) is 0 Å². The fourth-order valence-electron chi connectivity index (χ4n) is 1.62. The minimum atomic E-state index is -3.84. The van der Waals surface area contributed by atoms with Crippen molar-refractivity contribution in [2.75, 3.05) is 0 Å². The summed E-state index contributed by atoms with van der Waals surface area (Å²) < 4.78 is 27.4. The van der Waals surface area contributed by atoms with Crippen LogP contribution in [-0.2, 0) is 10.0 Å². The maximum absolute atomic E-state index is 11.7. The molecule has 2 rings (SSSR count). The van der Waals surface area contributed by atoms with Crippen LogP contribution in [0.3, 0.4) is 0 Å². The summed E-state index contributed by atoms with van der Waals surface area (Å²) in [5.41, 5.74) is 0. The van der Waals surface area contributed by atoms with Crippen molar-refractivity contribution in [2.45, 2.75) is 31.2 Å². The van der Waals surface area contributed by atoms with Gasteiger partial charge in [-0.15, -0.1) is 0 Å². The van der Waals surface area contributed by atoms with E-state index in [0.717, 1.165) is 12.5 Å². The van der Waals surface area contributed by atoms with Gasteiger partial charge in [0.1, 0.15) is 10.7 Å². The standard InChI is InChI=1S/C10H14N2O4S/c1-5-3-7(5)12-10(13)8-4-9(6(2)16-8)17(11,14)15/h4-5,7H,3H2,1-2H3,(H,12,13)(H2,11,14,15). The van der Waals surface area contributed by atoms with Gasteiger partial charge in [-0.05, 0) is 19.3 Å². The Kier molecular flexibility index (Phi) is 2.75. The lowest BCUT2D eigenvalue weighted by molar-refractivity contribution is 0.0920. The zero-order chi connectivity index (χ0) is 12.8. The lowest BCUT2D eigenvalue weighted by Crippen LogP contribution is -2.26. The molecule has 0 aliphatic heterocycles. The Balaban J connectivity index is 2.20. The van der Waals surface area contributed by atoms with Gasteiger partial charge in [-0.1, -0.05) is 6.92 Å². The number of carbonyl (C=O) groups excluding carboxylic acids is 1. The van der Waals surface area contributed by atoms with E-state index >= 15 is 0 Å². The summed E-state index contributed by atoms with van der Waals surface area (Å²) in [6, 6.07) is 1.32. The molecule has 0 spiro atoms. The number of sulfonamides is 1. The van der Waals surface area contributed by atoms with Gasteiger partial charge < -0.3 is 9.73 Å². The first kappa shape index (κ1) is 12.1. The number of furan rings is 1. The minimum Gasteiger partial charge on any atom is -0.455 e. The number of nitrogens with one attached hydrogen (secondary N) is 1. The van der Waals surface area contributed by atoms with Crippen LogP contribution in [0.25, 0.3) is 0 Å². The summed E-state index contributed by atoms with van der Waals surface area (Å²) in [5, 5.41) is 7.73. The fraction of sp³-hybridized carbons (Fsp3) is 0.500. The predicted octanol–water partition coefficient (Wildman–Crippen LogP) is 0.374. The highest BCUT2D eigenvalue weighted by molar-refractivity contribution is 7.89. The highest BCUT2D eigenvalue weighted by Gasteiger charge is 2.35. The Labute approximate surface area is 99.2 Å². The van der Waals surface area contributed by atoms with E-state index in [9.17, 15) is 13.2 Å². The second kappa shape index (κ2) is 3.85. The van der Waals surface area contributed by atoms with Crippen molar-refractivity contribution >= 4 is 15.9 Å². The summed E-state index contributed by atoms with van der Waals surface area (Å²) in [7, 11) is -3.84. The van der Waals surface area contributed by atoms with Gasteiger partial charge in [-0.25, -0.2) is 13.6 Å². The summed E-state index contributed by atoms with van der Waals surface area (Å²) >= 11 is 0. The molecule has 3 N–H and O–H groups in total. The molecule has 1 amide bonds.